The van der Waals surface area contributed by atoms with Gasteiger partial charge < -0.3 is 26.2 Å². The van der Waals surface area contributed by atoms with Crippen molar-refractivity contribution in [2.24, 2.45) is 0 Å². The maximum Gasteiger partial charge on any atom is 0.271 e. The van der Waals surface area contributed by atoms with Gasteiger partial charge in [0.25, 0.3) is 23.6 Å². The largest absolute Gasteiger partial charge is 0.384 e. The third-order valence-electron chi connectivity index (χ3n) is 10.3. The van der Waals surface area contributed by atoms with E-state index in [4.69, 9.17) is 23.2 Å². The van der Waals surface area contributed by atoms with Crippen molar-refractivity contribution >= 4 is 81.8 Å². The molecule has 1 atom stereocenters. The highest BCUT2D eigenvalue weighted by Crippen LogP contribution is 2.32. The fourth-order valence-electron chi connectivity index (χ4n) is 7.17. The second kappa shape index (κ2) is 19.1. The quantitative estimate of drug-likeness (QED) is 0.0906. The number of imide groups is 2. The van der Waals surface area contributed by atoms with E-state index in [1.54, 1.807) is 29.2 Å². The molecule has 3 aliphatic heterocycles. The van der Waals surface area contributed by atoms with E-state index >= 15 is 0 Å². The Bertz CT molecular complexity index is 2100. The SMILES string of the molecule is O=C(CCC(=O)N1CCC(NC(=O)c2[nH]ncc2NC(=O)c2c(Cl)cccc2Cl)CC1)NCCCCCCNc1cccc2c1C(=O)N(C1CCC(=O)NC1=O)C2=O. The molecule has 3 aromatic rings. The Morgan fingerprint density at radius 3 is 2.24 bits per heavy atom. The number of H-pyrrole nitrogens is 1. The van der Waals surface area contributed by atoms with Crippen molar-refractivity contribution in [2.75, 3.05) is 36.8 Å². The Hall–Kier alpha value is -5.81. The molecule has 1 unspecified atom stereocenters. The molecule has 2 aromatic carbocycles. The molecule has 19 heteroatoms. The molecule has 0 aliphatic carbocycles. The Morgan fingerprint density at radius 2 is 1.52 bits per heavy atom. The van der Waals surface area contributed by atoms with E-state index in [1.165, 1.54) is 18.3 Å². The average molecular weight is 837 g/mol. The van der Waals surface area contributed by atoms with Crippen LogP contribution in [0.4, 0.5) is 11.4 Å². The predicted octanol–water partition coefficient (Wildman–Crippen LogP) is 3.66. The third-order valence-corrected chi connectivity index (χ3v) is 10.9. The highest BCUT2D eigenvalue weighted by Gasteiger charge is 2.45. The molecule has 1 aromatic heterocycles. The molecule has 58 heavy (non-hydrogen) atoms. The Kier molecular flexibility index (Phi) is 13.8. The average Bonchev–Trinajstić information content (AvgIpc) is 3.76. The standard InChI is InChI=1S/C39H43Cl2N9O8/c40-24-8-6-9-25(41)33(24)36(55)46-27-21-44-48-34(27)37(56)45-22-15-19-49(20-16-22)31(53)14-13-29(51)43-18-4-2-1-3-17-42-26-10-5-7-23-32(26)39(58)50(38(23)57)28-11-12-30(52)47-35(28)54/h5-10,21-22,28,42H,1-4,11-20H2,(H,43,51)(H,44,48)(H,45,56)(H,46,55)(H,47,52,54). The molecule has 4 heterocycles. The van der Waals surface area contributed by atoms with Crippen LogP contribution in [0, 0.1) is 0 Å². The summed E-state index contributed by atoms with van der Waals surface area (Å²) in [5, 5.41) is 20.7. The molecule has 0 spiro atoms. The van der Waals surface area contributed by atoms with Gasteiger partial charge in [-0.05, 0) is 56.4 Å². The lowest BCUT2D eigenvalue weighted by atomic mass is 10.0. The van der Waals surface area contributed by atoms with Crippen molar-refractivity contribution in [3.63, 3.8) is 0 Å². The number of aromatic amines is 1. The fourth-order valence-corrected chi connectivity index (χ4v) is 7.74. The first-order chi connectivity index (χ1) is 27.9. The molecule has 0 saturated carbocycles. The highest BCUT2D eigenvalue weighted by molar-refractivity contribution is 6.40. The molecule has 6 N–H and O–H groups in total. The van der Waals surface area contributed by atoms with Crippen molar-refractivity contribution in [1.29, 1.82) is 0 Å². The van der Waals surface area contributed by atoms with E-state index in [0.717, 1.165) is 30.6 Å². The summed E-state index contributed by atoms with van der Waals surface area (Å²) in [5.41, 5.74) is 1.24. The first-order valence-corrected chi connectivity index (χ1v) is 19.9. The zero-order valence-corrected chi connectivity index (χ0v) is 33.0. The van der Waals surface area contributed by atoms with Gasteiger partial charge in [-0.15, -0.1) is 0 Å². The lowest BCUT2D eigenvalue weighted by Gasteiger charge is -2.32. The fraction of sp³-hybridized carbons (Fsp3) is 0.410. The first-order valence-electron chi connectivity index (χ1n) is 19.2. The number of hydrogen-bond acceptors (Lipinski definition) is 10. The van der Waals surface area contributed by atoms with Gasteiger partial charge in [0.05, 0.1) is 38.6 Å². The van der Waals surface area contributed by atoms with Gasteiger partial charge in [-0.3, -0.25) is 53.7 Å². The number of nitrogens with zero attached hydrogens (tertiary/aromatic N) is 3. The van der Waals surface area contributed by atoms with Gasteiger partial charge in [0.15, 0.2) is 0 Å². The lowest BCUT2D eigenvalue weighted by Crippen LogP contribution is -2.54. The van der Waals surface area contributed by atoms with Gasteiger partial charge in [0.2, 0.25) is 23.6 Å². The summed E-state index contributed by atoms with van der Waals surface area (Å²) in [6.45, 7) is 1.85. The van der Waals surface area contributed by atoms with Crippen LogP contribution in [-0.4, -0.2) is 106 Å². The summed E-state index contributed by atoms with van der Waals surface area (Å²) in [4.78, 5) is 104. The van der Waals surface area contributed by atoms with Gasteiger partial charge in [-0.1, -0.05) is 48.2 Å². The van der Waals surface area contributed by atoms with Crippen LogP contribution in [0.25, 0.3) is 0 Å². The van der Waals surface area contributed by atoms with Gasteiger partial charge in [0, 0.05) is 57.2 Å². The van der Waals surface area contributed by atoms with E-state index in [9.17, 15) is 38.4 Å². The maximum absolute atomic E-state index is 13.2. The topological polar surface area (TPSA) is 232 Å². The van der Waals surface area contributed by atoms with E-state index in [1.807, 2.05) is 0 Å². The Balaban J connectivity index is 0.827. The number of carbonyl (C=O) groups is 8. The molecule has 8 amide bonds. The summed E-state index contributed by atoms with van der Waals surface area (Å²) < 4.78 is 0. The number of unbranched alkanes of at least 4 members (excludes halogenated alkanes) is 3. The number of likely N-dealkylation sites (tertiary alicyclic amines) is 1. The van der Waals surface area contributed by atoms with Crippen molar-refractivity contribution in [2.45, 2.75) is 76.3 Å². The van der Waals surface area contributed by atoms with Gasteiger partial charge >= 0.3 is 0 Å². The number of aromatic nitrogens is 2. The van der Waals surface area contributed by atoms with Crippen LogP contribution < -0.4 is 26.6 Å². The molecular weight excluding hydrogens is 793 g/mol. The van der Waals surface area contributed by atoms with Crippen LogP contribution in [0.1, 0.15) is 106 Å². The molecular formula is C39H43Cl2N9O8. The molecule has 2 saturated heterocycles. The third kappa shape index (κ3) is 9.82. The van der Waals surface area contributed by atoms with Crippen molar-refractivity contribution in [1.82, 2.24) is 35.9 Å². The Morgan fingerprint density at radius 1 is 0.810 bits per heavy atom. The molecule has 306 valence electrons. The van der Waals surface area contributed by atoms with Crippen LogP contribution in [-0.2, 0) is 19.2 Å². The summed E-state index contributed by atoms with van der Waals surface area (Å²) >= 11 is 12.3. The summed E-state index contributed by atoms with van der Waals surface area (Å²) in [6.07, 6.45) is 5.82. The van der Waals surface area contributed by atoms with E-state index in [2.05, 4.69) is 36.8 Å². The number of anilines is 2. The minimum absolute atomic E-state index is 0.0515. The zero-order valence-electron chi connectivity index (χ0n) is 31.5. The number of piperidine rings is 2. The van der Waals surface area contributed by atoms with Crippen LogP contribution in [0.3, 0.4) is 0 Å². The number of rotatable bonds is 16. The summed E-state index contributed by atoms with van der Waals surface area (Å²) in [5.74, 6) is -3.60. The van der Waals surface area contributed by atoms with Gasteiger partial charge in [-0.25, -0.2) is 0 Å². The molecule has 6 rings (SSSR count). The predicted molar refractivity (Wildman–Crippen MR) is 212 cm³/mol. The van der Waals surface area contributed by atoms with Crippen LogP contribution in [0.2, 0.25) is 10.0 Å². The van der Waals surface area contributed by atoms with Crippen LogP contribution >= 0.6 is 23.2 Å². The van der Waals surface area contributed by atoms with Crippen LogP contribution in [0.15, 0.2) is 42.6 Å². The molecule has 3 aliphatic rings. The number of nitrogens with one attached hydrogen (secondary N) is 6. The van der Waals surface area contributed by atoms with Crippen molar-refractivity contribution in [3.05, 3.63) is 75.0 Å². The number of amides is 8. The zero-order chi connectivity index (χ0) is 41.3. The maximum atomic E-state index is 13.2. The molecule has 0 bridgehead atoms. The highest BCUT2D eigenvalue weighted by atomic mass is 35.5. The number of halogens is 2. The lowest BCUT2D eigenvalue weighted by molar-refractivity contribution is -0.136. The minimum atomic E-state index is -1.03. The Labute approximate surface area is 343 Å². The van der Waals surface area contributed by atoms with E-state index in [-0.39, 0.29) is 81.7 Å². The van der Waals surface area contributed by atoms with Crippen molar-refractivity contribution < 1.29 is 38.4 Å². The van der Waals surface area contributed by atoms with E-state index < -0.39 is 41.5 Å². The molecule has 17 nitrogen and oxygen atoms in total. The number of hydrogen-bond donors (Lipinski definition) is 6. The first kappa shape index (κ1) is 41.8. The van der Waals surface area contributed by atoms with Crippen LogP contribution in [0.5, 0.6) is 0 Å². The summed E-state index contributed by atoms with van der Waals surface area (Å²) in [6, 6.07) is 8.38. The van der Waals surface area contributed by atoms with Crippen molar-refractivity contribution in [3.8, 4) is 0 Å². The molecule has 0 radical (unpaired) electrons. The van der Waals surface area contributed by atoms with E-state index in [0.29, 0.717) is 44.7 Å². The normalized spacial score (nSPS) is 16.8. The monoisotopic (exact) mass is 835 g/mol. The van der Waals surface area contributed by atoms with Gasteiger partial charge in [0.1, 0.15) is 11.7 Å². The molecule has 2 fully saturated rings. The summed E-state index contributed by atoms with van der Waals surface area (Å²) in [7, 11) is 0. The second-order valence-electron chi connectivity index (χ2n) is 14.2. The number of benzene rings is 2. The smallest absolute Gasteiger partial charge is 0.271 e. The number of fused-ring (bicyclic) bond motifs is 1. The number of carbonyl (C=O) groups excluding carboxylic acids is 8. The van der Waals surface area contributed by atoms with Gasteiger partial charge in [-0.2, -0.15) is 5.10 Å². The minimum Gasteiger partial charge on any atom is -0.384 e. The second-order valence-corrected chi connectivity index (χ2v) is 15.0.